The molecule has 0 aliphatic rings. The first-order valence-electron chi connectivity index (χ1n) is 11.7. The first-order valence-corrected chi connectivity index (χ1v) is 13.5. The number of ether oxygens (including phenoxy) is 2. The predicted octanol–water partition coefficient (Wildman–Crippen LogP) is 4.16. The molecule has 1 unspecified atom stereocenters. The van der Waals surface area contributed by atoms with Gasteiger partial charge in [-0.1, -0.05) is 42.5 Å². The van der Waals surface area contributed by atoms with Crippen molar-refractivity contribution in [3.63, 3.8) is 0 Å². The van der Waals surface area contributed by atoms with Crippen molar-refractivity contribution in [3.8, 4) is 5.75 Å². The number of nitrogens with zero attached hydrogens (tertiary/aromatic N) is 4. The fourth-order valence-corrected chi connectivity index (χ4v) is 5.14. The van der Waals surface area contributed by atoms with Crippen LogP contribution < -0.4 is 15.3 Å². The SMILES string of the molecule is Cc1ccccc1COCCNP(=O)(CO[C@H](C)Cn1cnc2c(N)ncnc21)Oc1ccccc1. The van der Waals surface area contributed by atoms with Gasteiger partial charge in [0.05, 0.1) is 32.2 Å². The van der Waals surface area contributed by atoms with Crippen molar-refractivity contribution in [2.45, 2.75) is 33.1 Å². The Labute approximate surface area is 210 Å². The molecule has 0 bridgehead atoms. The number of rotatable bonds is 13. The number of nitrogen functional groups attached to an aromatic ring is 1. The van der Waals surface area contributed by atoms with Crippen LogP contribution >= 0.6 is 7.52 Å². The highest BCUT2D eigenvalue weighted by molar-refractivity contribution is 7.57. The van der Waals surface area contributed by atoms with Gasteiger partial charge in [-0.25, -0.2) is 20.0 Å². The van der Waals surface area contributed by atoms with Crippen LogP contribution in [0, 0.1) is 6.92 Å². The largest absolute Gasteiger partial charge is 0.431 e. The summed E-state index contributed by atoms with van der Waals surface area (Å²) < 4.78 is 33.1. The van der Waals surface area contributed by atoms with Crippen LogP contribution in [0.15, 0.2) is 67.3 Å². The Balaban J connectivity index is 1.33. The van der Waals surface area contributed by atoms with E-state index in [2.05, 4.69) is 20.0 Å². The van der Waals surface area contributed by atoms with Gasteiger partial charge in [-0.3, -0.25) is 4.57 Å². The molecule has 2 atom stereocenters. The number of aryl methyl sites for hydroxylation is 1. The molecule has 3 N–H and O–H groups in total. The molecule has 4 rings (SSSR count). The van der Waals surface area contributed by atoms with E-state index in [1.54, 1.807) is 18.5 Å². The van der Waals surface area contributed by atoms with Gasteiger partial charge in [0.1, 0.15) is 23.9 Å². The van der Waals surface area contributed by atoms with Crippen molar-refractivity contribution in [2.24, 2.45) is 0 Å². The molecular formula is C25H31N6O4P. The van der Waals surface area contributed by atoms with Gasteiger partial charge < -0.3 is 24.3 Å². The van der Waals surface area contributed by atoms with Gasteiger partial charge in [-0.05, 0) is 37.1 Å². The number of aromatic nitrogens is 4. The smallest absolute Gasteiger partial charge is 0.342 e. The molecule has 2 heterocycles. The highest BCUT2D eigenvalue weighted by Gasteiger charge is 2.26. The van der Waals surface area contributed by atoms with Crippen molar-refractivity contribution >= 4 is 24.5 Å². The van der Waals surface area contributed by atoms with E-state index in [1.807, 2.05) is 60.9 Å². The van der Waals surface area contributed by atoms with E-state index < -0.39 is 7.52 Å². The molecule has 2 aromatic heterocycles. The highest BCUT2D eigenvalue weighted by Crippen LogP contribution is 2.43. The molecule has 11 heteroatoms. The summed E-state index contributed by atoms with van der Waals surface area (Å²) in [5.41, 5.74) is 9.32. The molecule has 0 aliphatic carbocycles. The predicted molar refractivity (Wildman–Crippen MR) is 139 cm³/mol. The summed E-state index contributed by atoms with van der Waals surface area (Å²) in [4.78, 5) is 12.5. The van der Waals surface area contributed by atoms with Crippen LogP contribution in [0.2, 0.25) is 0 Å². The molecule has 0 saturated heterocycles. The molecule has 0 fully saturated rings. The number of para-hydroxylation sites is 1. The van der Waals surface area contributed by atoms with Crippen LogP contribution in [0.1, 0.15) is 18.1 Å². The summed E-state index contributed by atoms with van der Waals surface area (Å²) in [6.45, 7) is 5.57. The van der Waals surface area contributed by atoms with Gasteiger partial charge in [-0.15, -0.1) is 0 Å². The van der Waals surface area contributed by atoms with Gasteiger partial charge in [0.2, 0.25) is 0 Å². The fourth-order valence-electron chi connectivity index (χ4n) is 3.59. The topological polar surface area (TPSA) is 126 Å². The number of imidazole rings is 1. The molecule has 2 aromatic carbocycles. The molecule has 4 aromatic rings. The second kappa shape index (κ2) is 12.1. The number of nitrogens with one attached hydrogen (secondary N) is 1. The average molecular weight is 511 g/mol. The third-order valence-corrected chi connectivity index (χ3v) is 7.23. The highest BCUT2D eigenvalue weighted by atomic mass is 31.2. The molecule has 0 saturated carbocycles. The normalized spacial score (nSPS) is 13.9. The minimum absolute atomic E-state index is 0.120. The van der Waals surface area contributed by atoms with Gasteiger partial charge >= 0.3 is 7.52 Å². The molecule has 36 heavy (non-hydrogen) atoms. The summed E-state index contributed by atoms with van der Waals surface area (Å²) in [7, 11) is -3.39. The molecule has 0 radical (unpaired) electrons. The second-order valence-corrected chi connectivity index (χ2v) is 10.5. The average Bonchev–Trinajstić information content (AvgIpc) is 3.28. The van der Waals surface area contributed by atoms with Gasteiger partial charge in [-0.2, -0.15) is 0 Å². The Morgan fingerprint density at radius 3 is 2.67 bits per heavy atom. The lowest BCUT2D eigenvalue weighted by Gasteiger charge is -2.23. The first kappa shape index (κ1) is 25.8. The van der Waals surface area contributed by atoms with Crippen molar-refractivity contribution in [1.29, 1.82) is 0 Å². The minimum Gasteiger partial charge on any atom is -0.431 e. The number of nitrogens with two attached hydrogens (primary N) is 1. The summed E-state index contributed by atoms with van der Waals surface area (Å²) in [5, 5.41) is 3.02. The summed E-state index contributed by atoms with van der Waals surface area (Å²) >= 11 is 0. The van der Waals surface area contributed by atoms with E-state index in [-0.39, 0.29) is 12.5 Å². The van der Waals surface area contributed by atoms with Crippen LogP contribution in [0.3, 0.4) is 0 Å². The Morgan fingerprint density at radius 1 is 1.08 bits per heavy atom. The van der Waals surface area contributed by atoms with Crippen molar-refractivity contribution in [2.75, 3.05) is 25.2 Å². The zero-order valence-electron chi connectivity index (χ0n) is 20.4. The maximum Gasteiger partial charge on any atom is 0.342 e. The zero-order chi connectivity index (χ0) is 25.4. The molecule has 0 aliphatic heterocycles. The monoisotopic (exact) mass is 510 g/mol. The van der Waals surface area contributed by atoms with E-state index in [0.29, 0.717) is 49.0 Å². The van der Waals surface area contributed by atoms with E-state index in [0.717, 1.165) is 5.56 Å². The van der Waals surface area contributed by atoms with E-state index >= 15 is 0 Å². The molecular weight excluding hydrogens is 479 g/mol. The fraction of sp³-hybridized carbons (Fsp3) is 0.320. The lowest BCUT2D eigenvalue weighted by molar-refractivity contribution is 0.0815. The number of hydrogen-bond donors (Lipinski definition) is 2. The maximum absolute atomic E-state index is 13.7. The summed E-state index contributed by atoms with van der Waals surface area (Å²) in [6.07, 6.45) is 2.61. The molecule has 10 nitrogen and oxygen atoms in total. The summed E-state index contributed by atoms with van der Waals surface area (Å²) in [6, 6.07) is 17.1. The number of anilines is 1. The Bertz CT molecular complexity index is 1320. The van der Waals surface area contributed by atoms with Crippen LogP contribution in [0.4, 0.5) is 5.82 Å². The minimum atomic E-state index is -3.39. The van der Waals surface area contributed by atoms with Gasteiger partial charge in [0.15, 0.2) is 11.5 Å². The summed E-state index contributed by atoms with van der Waals surface area (Å²) in [5.74, 6) is 0.820. The van der Waals surface area contributed by atoms with Crippen LogP contribution in [-0.2, 0) is 27.2 Å². The zero-order valence-corrected chi connectivity index (χ0v) is 21.3. The number of fused-ring (bicyclic) bond motifs is 1. The van der Waals surface area contributed by atoms with Crippen LogP contribution in [0.5, 0.6) is 5.75 Å². The van der Waals surface area contributed by atoms with Crippen molar-refractivity contribution in [3.05, 3.63) is 78.4 Å². The van der Waals surface area contributed by atoms with Crippen LogP contribution in [-0.4, -0.2) is 45.1 Å². The number of benzene rings is 2. The van der Waals surface area contributed by atoms with Crippen LogP contribution in [0.25, 0.3) is 11.2 Å². The van der Waals surface area contributed by atoms with Crippen molar-refractivity contribution < 1.29 is 18.6 Å². The first-order chi connectivity index (χ1) is 17.4. The van der Waals surface area contributed by atoms with Gasteiger partial charge in [0.25, 0.3) is 0 Å². The Hall–Kier alpha value is -3.30. The van der Waals surface area contributed by atoms with Gasteiger partial charge in [0, 0.05) is 6.54 Å². The molecule has 0 spiro atoms. The Kier molecular flexibility index (Phi) is 8.66. The third kappa shape index (κ3) is 6.89. The molecule has 190 valence electrons. The van der Waals surface area contributed by atoms with E-state index in [9.17, 15) is 4.57 Å². The lowest BCUT2D eigenvalue weighted by Crippen LogP contribution is -2.25. The standard InChI is InChI=1S/C25H31N6O4P/c1-19-8-6-7-9-21(19)15-33-13-12-30-36(32,35-22-10-4-3-5-11-22)18-34-20(2)14-31-17-29-23-24(26)27-16-28-25(23)31/h3-11,16-17,20H,12-15,18H2,1-2H3,(H,30,32)(H2,26,27,28)/t20-,36?/m1/s1. The quantitative estimate of drug-likeness (QED) is 0.201. The third-order valence-electron chi connectivity index (χ3n) is 5.53. The van der Waals surface area contributed by atoms with Crippen molar-refractivity contribution in [1.82, 2.24) is 24.6 Å². The van der Waals surface area contributed by atoms with E-state index in [4.69, 9.17) is 19.7 Å². The van der Waals surface area contributed by atoms with E-state index in [1.165, 1.54) is 11.9 Å². The number of hydrogen-bond acceptors (Lipinski definition) is 8. The Morgan fingerprint density at radius 2 is 1.86 bits per heavy atom. The maximum atomic E-state index is 13.7. The molecule has 0 amide bonds. The second-order valence-electron chi connectivity index (χ2n) is 8.40. The lowest BCUT2D eigenvalue weighted by atomic mass is 10.1.